The van der Waals surface area contributed by atoms with Crippen LogP contribution in [0.4, 0.5) is 10.6 Å². The Bertz CT molecular complexity index is 1110. The van der Waals surface area contributed by atoms with E-state index in [2.05, 4.69) is 30.7 Å². The van der Waals surface area contributed by atoms with Gasteiger partial charge in [0.2, 0.25) is 0 Å². The number of fused-ring (bicyclic) bond motifs is 1. The standard InChI is InChI=1S/C18H18N8O/c1-12-5-15(3-4-19-12)26-16-9-20-17(6-13(16)7-23-26)24-18(27)21-8-14-10-25(2)11-22-14/h3-7,9-11H,8H2,1-2H3,(H2,20,21,24,27). The first-order valence-corrected chi connectivity index (χ1v) is 8.37. The fourth-order valence-electron chi connectivity index (χ4n) is 2.75. The van der Waals surface area contributed by atoms with Crippen LogP contribution < -0.4 is 10.6 Å². The first-order valence-electron chi connectivity index (χ1n) is 8.37. The predicted molar refractivity (Wildman–Crippen MR) is 100 cm³/mol. The summed E-state index contributed by atoms with van der Waals surface area (Å²) in [5.41, 5.74) is 3.45. The van der Waals surface area contributed by atoms with Crippen LogP contribution in [0.2, 0.25) is 0 Å². The molecule has 4 rings (SSSR count). The highest BCUT2D eigenvalue weighted by Crippen LogP contribution is 2.20. The normalized spacial score (nSPS) is 10.9. The van der Waals surface area contributed by atoms with Crippen molar-refractivity contribution < 1.29 is 4.79 Å². The number of rotatable bonds is 4. The average molecular weight is 362 g/mol. The summed E-state index contributed by atoms with van der Waals surface area (Å²) in [5, 5.41) is 10.8. The molecular weight excluding hydrogens is 344 g/mol. The van der Waals surface area contributed by atoms with Crippen molar-refractivity contribution in [2.24, 2.45) is 7.05 Å². The van der Waals surface area contributed by atoms with Gasteiger partial charge < -0.3 is 9.88 Å². The molecule has 0 fully saturated rings. The third-order valence-corrected chi connectivity index (χ3v) is 4.01. The van der Waals surface area contributed by atoms with Gasteiger partial charge in [-0.05, 0) is 25.1 Å². The van der Waals surface area contributed by atoms with Crippen molar-refractivity contribution in [1.29, 1.82) is 0 Å². The van der Waals surface area contributed by atoms with Crippen LogP contribution in [0.5, 0.6) is 0 Å². The number of nitrogens with zero attached hydrogens (tertiary/aromatic N) is 6. The lowest BCUT2D eigenvalue weighted by atomic mass is 10.3. The van der Waals surface area contributed by atoms with E-state index < -0.39 is 0 Å². The molecule has 0 radical (unpaired) electrons. The van der Waals surface area contributed by atoms with E-state index in [0.717, 1.165) is 28.0 Å². The van der Waals surface area contributed by atoms with Crippen LogP contribution in [0.15, 0.2) is 49.3 Å². The summed E-state index contributed by atoms with van der Waals surface area (Å²) in [5.74, 6) is 0.450. The third-order valence-electron chi connectivity index (χ3n) is 4.01. The second kappa shape index (κ2) is 6.87. The number of pyridine rings is 2. The summed E-state index contributed by atoms with van der Waals surface area (Å²) in [4.78, 5) is 24.7. The zero-order valence-corrected chi connectivity index (χ0v) is 14.9. The van der Waals surface area contributed by atoms with Crippen molar-refractivity contribution >= 4 is 22.8 Å². The molecule has 2 N–H and O–H groups in total. The third kappa shape index (κ3) is 3.61. The van der Waals surface area contributed by atoms with Gasteiger partial charge in [0.05, 0.1) is 42.2 Å². The molecule has 0 saturated carbocycles. The monoisotopic (exact) mass is 362 g/mol. The van der Waals surface area contributed by atoms with Crippen LogP contribution in [0.1, 0.15) is 11.4 Å². The average Bonchev–Trinajstić information content (AvgIpc) is 3.25. The van der Waals surface area contributed by atoms with E-state index in [0.29, 0.717) is 12.4 Å². The number of carbonyl (C=O) groups is 1. The van der Waals surface area contributed by atoms with E-state index in [1.165, 1.54) is 0 Å². The first-order chi connectivity index (χ1) is 13.1. The van der Waals surface area contributed by atoms with Crippen LogP contribution in [0.3, 0.4) is 0 Å². The Balaban J connectivity index is 1.48. The van der Waals surface area contributed by atoms with Crippen LogP contribution in [-0.4, -0.2) is 35.3 Å². The lowest BCUT2D eigenvalue weighted by Crippen LogP contribution is -2.28. The number of aryl methyl sites for hydroxylation is 2. The molecule has 0 saturated heterocycles. The Labute approximate surface area is 155 Å². The number of hydrogen-bond donors (Lipinski definition) is 2. The minimum absolute atomic E-state index is 0.342. The molecule has 0 aliphatic heterocycles. The Hall–Kier alpha value is -3.75. The molecule has 0 aliphatic rings. The molecule has 0 atom stereocenters. The summed E-state index contributed by atoms with van der Waals surface area (Å²) in [6, 6.07) is 5.28. The lowest BCUT2D eigenvalue weighted by molar-refractivity contribution is 0.251. The van der Waals surface area contributed by atoms with Gasteiger partial charge >= 0.3 is 6.03 Å². The van der Waals surface area contributed by atoms with E-state index in [1.54, 1.807) is 35.7 Å². The van der Waals surface area contributed by atoms with Crippen molar-refractivity contribution in [1.82, 2.24) is 34.6 Å². The topological polar surface area (TPSA) is 103 Å². The predicted octanol–water partition coefficient (Wildman–Crippen LogP) is 2.18. The maximum absolute atomic E-state index is 12.1. The quantitative estimate of drug-likeness (QED) is 0.579. The van der Waals surface area contributed by atoms with E-state index >= 15 is 0 Å². The Kier molecular flexibility index (Phi) is 4.25. The smallest absolute Gasteiger partial charge is 0.320 e. The zero-order valence-electron chi connectivity index (χ0n) is 14.9. The molecule has 4 aromatic heterocycles. The maximum atomic E-state index is 12.1. The van der Waals surface area contributed by atoms with Crippen molar-refractivity contribution in [2.75, 3.05) is 5.32 Å². The summed E-state index contributed by atoms with van der Waals surface area (Å²) in [6.07, 6.45) is 8.70. The number of carbonyl (C=O) groups excluding carboxylic acids is 1. The van der Waals surface area contributed by atoms with E-state index in [-0.39, 0.29) is 6.03 Å². The molecule has 9 heteroatoms. The molecule has 0 bridgehead atoms. The SMILES string of the molecule is Cc1cc(-n2ncc3cc(NC(=O)NCc4cn(C)cn4)ncc32)ccn1. The lowest BCUT2D eigenvalue weighted by Gasteiger charge is -2.07. The van der Waals surface area contributed by atoms with E-state index in [9.17, 15) is 4.79 Å². The van der Waals surface area contributed by atoms with Crippen molar-refractivity contribution in [3.63, 3.8) is 0 Å². The van der Waals surface area contributed by atoms with Crippen LogP contribution >= 0.6 is 0 Å². The Morgan fingerprint density at radius 2 is 2.07 bits per heavy atom. The van der Waals surface area contributed by atoms with Gasteiger partial charge in [-0.1, -0.05) is 0 Å². The highest BCUT2D eigenvalue weighted by atomic mass is 16.2. The van der Waals surface area contributed by atoms with Gasteiger partial charge in [-0.25, -0.2) is 19.4 Å². The molecule has 0 aliphatic carbocycles. The molecule has 4 aromatic rings. The van der Waals surface area contributed by atoms with Crippen LogP contribution in [0, 0.1) is 6.92 Å². The summed E-state index contributed by atoms with van der Waals surface area (Å²) < 4.78 is 3.62. The van der Waals surface area contributed by atoms with Gasteiger partial charge in [0.15, 0.2) is 0 Å². The molecule has 9 nitrogen and oxygen atoms in total. The fourth-order valence-corrected chi connectivity index (χ4v) is 2.75. The first kappa shape index (κ1) is 16.7. The van der Waals surface area contributed by atoms with E-state index in [1.807, 2.05) is 36.9 Å². The molecule has 0 aromatic carbocycles. The van der Waals surface area contributed by atoms with Crippen molar-refractivity contribution in [3.05, 3.63) is 60.7 Å². The highest BCUT2D eigenvalue weighted by molar-refractivity contribution is 5.91. The highest BCUT2D eigenvalue weighted by Gasteiger charge is 2.09. The maximum Gasteiger partial charge on any atom is 0.320 e. The summed E-state index contributed by atoms with van der Waals surface area (Å²) in [7, 11) is 1.88. The van der Waals surface area contributed by atoms with Gasteiger partial charge in [-0.2, -0.15) is 5.10 Å². The van der Waals surface area contributed by atoms with Gasteiger partial charge in [0.1, 0.15) is 5.82 Å². The van der Waals surface area contributed by atoms with Gasteiger partial charge in [-0.15, -0.1) is 0 Å². The number of imidazole rings is 1. The van der Waals surface area contributed by atoms with Gasteiger partial charge in [0, 0.05) is 30.5 Å². The van der Waals surface area contributed by atoms with Gasteiger partial charge in [0.25, 0.3) is 0 Å². The number of urea groups is 1. The second-order valence-electron chi connectivity index (χ2n) is 6.18. The van der Waals surface area contributed by atoms with Crippen LogP contribution in [0.25, 0.3) is 16.6 Å². The Morgan fingerprint density at radius 1 is 1.19 bits per heavy atom. The molecular formula is C18H18N8O. The minimum atomic E-state index is -0.343. The summed E-state index contributed by atoms with van der Waals surface area (Å²) in [6.45, 7) is 2.27. The summed E-state index contributed by atoms with van der Waals surface area (Å²) >= 11 is 0. The van der Waals surface area contributed by atoms with E-state index in [4.69, 9.17) is 0 Å². The molecule has 0 spiro atoms. The number of hydrogen-bond acceptors (Lipinski definition) is 5. The fraction of sp³-hybridized carbons (Fsp3) is 0.167. The second-order valence-corrected chi connectivity index (χ2v) is 6.18. The molecule has 0 unspecified atom stereocenters. The largest absolute Gasteiger partial charge is 0.340 e. The van der Waals surface area contributed by atoms with Crippen molar-refractivity contribution in [2.45, 2.75) is 13.5 Å². The number of aromatic nitrogens is 6. The molecule has 136 valence electrons. The number of nitrogens with one attached hydrogen (secondary N) is 2. The van der Waals surface area contributed by atoms with Crippen molar-refractivity contribution in [3.8, 4) is 5.69 Å². The molecule has 4 heterocycles. The Morgan fingerprint density at radius 3 is 2.85 bits per heavy atom. The zero-order chi connectivity index (χ0) is 18.8. The molecule has 2 amide bonds. The minimum Gasteiger partial charge on any atom is -0.340 e. The van der Waals surface area contributed by atoms with Gasteiger partial charge in [-0.3, -0.25) is 10.3 Å². The van der Waals surface area contributed by atoms with Crippen LogP contribution in [-0.2, 0) is 13.6 Å². The number of amides is 2. The number of anilines is 1. The molecule has 27 heavy (non-hydrogen) atoms.